The van der Waals surface area contributed by atoms with E-state index in [4.69, 9.17) is 9.05 Å². The van der Waals surface area contributed by atoms with E-state index >= 15 is 0 Å². The molecule has 0 N–H and O–H groups in total. The lowest BCUT2D eigenvalue weighted by Crippen LogP contribution is -2.39. The van der Waals surface area contributed by atoms with Crippen LogP contribution in [0.15, 0.2) is 48.5 Å². The van der Waals surface area contributed by atoms with Gasteiger partial charge in [-0.15, -0.1) is 0 Å². The highest BCUT2D eigenvalue weighted by molar-refractivity contribution is 7.60. The summed E-state index contributed by atoms with van der Waals surface area (Å²) < 4.78 is 12.1. The smallest absolute Gasteiger partial charge is 0.295 e. The van der Waals surface area contributed by atoms with Crippen LogP contribution in [-0.2, 0) is 14.2 Å². The molecule has 0 radical (unpaired) electrons. The van der Waals surface area contributed by atoms with Crippen LogP contribution in [0.5, 0.6) is 0 Å². The highest BCUT2D eigenvalue weighted by Crippen LogP contribution is 2.77. The summed E-state index contributed by atoms with van der Waals surface area (Å²) in [6.45, 7) is 4.34. The monoisotopic (exact) mass is 368 g/mol. The second-order valence-electron chi connectivity index (χ2n) is 7.21. The minimum Gasteiger partial charge on any atom is -0.623 e. The Bertz CT molecular complexity index is 839. The van der Waals surface area contributed by atoms with Gasteiger partial charge in [0, 0.05) is 11.1 Å². The Morgan fingerprint density at radius 3 is 2.65 bits per heavy atom. The summed E-state index contributed by atoms with van der Waals surface area (Å²) in [4.78, 5) is 13.9. The van der Waals surface area contributed by atoms with Crippen LogP contribution in [0.25, 0.3) is 11.8 Å². The molecule has 1 aliphatic carbocycles. The average molecular weight is 368 g/mol. The lowest BCUT2D eigenvalue weighted by Gasteiger charge is -2.46. The van der Waals surface area contributed by atoms with E-state index in [1.165, 1.54) is 5.56 Å². The van der Waals surface area contributed by atoms with E-state index in [1.54, 1.807) is 0 Å². The molecule has 0 bridgehead atoms. The molecule has 2 aliphatic rings. The summed E-state index contributed by atoms with van der Waals surface area (Å²) in [5, 5.41) is -0.496. The quantitative estimate of drug-likeness (QED) is 0.676. The second-order valence-corrected chi connectivity index (χ2v) is 9.51. The van der Waals surface area contributed by atoms with Gasteiger partial charge in [-0.05, 0) is 51.2 Å². The van der Waals surface area contributed by atoms with Gasteiger partial charge in [-0.25, -0.2) is 4.52 Å². The molecule has 1 saturated carbocycles. The lowest BCUT2D eigenvalue weighted by atomic mass is 9.90. The fraction of sp³-hybridized carbons (Fsp3) is 0.364. The van der Waals surface area contributed by atoms with Gasteiger partial charge in [-0.1, -0.05) is 54.1 Å². The van der Waals surface area contributed by atoms with E-state index in [-0.39, 0.29) is 0 Å². The maximum Gasteiger partial charge on any atom is 0.295 e. The van der Waals surface area contributed by atoms with Crippen LogP contribution in [-0.4, -0.2) is 6.61 Å². The zero-order valence-corrected chi connectivity index (χ0v) is 16.3. The van der Waals surface area contributed by atoms with Crippen molar-refractivity contribution >= 4 is 19.8 Å². The van der Waals surface area contributed by atoms with Crippen LogP contribution in [0, 0.1) is 6.92 Å². The molecule has 2 aromatic carbocycles. The van der Waals surface area contributed by atoms with Crippen molar-refractivity contribution < 1.29 is 13.9 Å². The molecule has 26 heavy (non-hydrogen) atoms. The van der Waals surface area contributed by atoms with Gasteiger partial charge in [0.1, 0.15) is 0 Å². The molecular formula is C22H25O3P. The molecule has 0 amide bonds. The van der Waals surface area contributed by atoms with Crippen molar-refractivity contribution in [3.8, 4) is 0 Å². The molecule has 1 atom stereocenters. The SMILES string of the molecule is CCO[P+]1([O-])O/C(=C\c2cccc(C)c2)c2ccccc2C12CCCC2. The molecule has 0 saturated heterocycles. The summed E-state index contributed by atoms with van der Waals surface area (Å²) in [5.74, 6) is 0.653. The fourth-order valence-electron chi connectivity index (χ4n) is 4.36. The minimum absolute atomic E-state index is 0.388. The Morgan fingerprint density at radius 1 is 1.15 bits per heavy atom. The molecule has 0 aromatic heterocycles. The van der Waals surface area contributed by atoms with Crippen molar-refractivity contribution in [3.05, 3.63) is 70.8 Å². The Morgan fingerprint density at radius 2 is 1.92 bits per heavy atom. The number of hydrogen-bond acceptors (Lipinski definition) is 3. The number of hydrogen-bond donors (Lipinski definition) is 0. The molecule has 3 nitrogen and oxygen atoms in total. The van der Waals surface area contributed by atoms with Crippen molar-refractivity contribution in [2.75, 3.05) is 6.61 Å². The number of rotatable bonds is 3. The first kappa shape index (κ1) is 17.7. The van der Waals surface area contributed by atoms with Crippen LogP contribution in [0.1, 0.15) is 54.9 Å². The Labute approximate surface area is 156 Å². The summed E-state index contributed by atoms with van der Waals surface area (Å²) in [7, 11) is -3.30. The molecule has 1 spiro atoms. The summed E-state index contributed by atoms with van der Waals surface area (Å²) in [6.07, 6.45) is 5.83. The average Bonchev–Trinajstić information content (AvgIpc) is 3.12. The summed E-state index contributed by atoms with van der Waals surface area (Å²) in [6, 6.07) is 16.5. The third-order valence-corrected chi connectivity index (χ3v) is 8.28. The first-order chi connectivity index (χ1) is 12.6. The topological polar surface area (TPSA) is 41.5 Å². The predicted molar refractivity (Wildman–Crippen MR) is 105 cm³/mol. The molecular weight excluding hydrogens is 343 g/mol. The maximum atomic E-state index is 13.9. The van der Waals surface area contributed by atoms with E-state index in [9.17, 15) is 4.89 Å². The first-order valence-electron chi connectivity index (χ1n) is 9.40. The summed E-state index contributed by atoms with van der Waals surface area (Å²) in [5.41, 5.74) is 4.39. The second kappa shape index (κ2) is 6.81. The Hall–Kier alpha value is -1.67. The Kier molecular flexibility index (Phi) is 4.64. The van der Waals surface area contributed by atoms with E-state index in [0.29, 0.717) is 12.4 Å². The fourth-order valence-corrected chi connectivity index (χ4v) is 6.93. The van der Waals surface area contributed by atoms with Crippen LogP contribution >= 0.6 is 7.94 Å². The van der Waals surface area contributed by atoms with Crippen LogP contribution < -0.4 is 4.89 Å². The van der Waals surface area contributed by atoms with Gasteiger partial charge >= 0.3 is 0 Å². The minimum atomic E-state index is -3.30. The molecule has 1 fully saturated rings. The zero-order chi connectivity index (χ0) is 18.2. The highest BCUT2D eigenvalue weighted by Gasteiger charge is 2.62. The van der Waals surface area contributed by atoms with Crippen LogP contribution in [0.4, 0.5) is 0 Å². The van der Waals surface area contributed by atoms with Gasteiger partial charge in [0.25, 0.3) is 7.94 Å². The van der Waals surface area contributed by atoms with Crippen molar-refractivity contribution in [2.24, 2.45) is 0 Å². The third kappa shape index (κ3) is 2.79. The number of aryl methyl sites for hydroxylation is 1. The number of benzene rings is 2. The normalized spacial score (nSPS) is 25.3. The molecule has 4 heteroatoms. The largest absolute Gasteiger partial charge is 0.623 e. The van der Waals surface area contributed by atoms with Crippen molar-refractivity contribution in [2.45, 2.75) is 44.7 Å². The van der Waals surface area contributed by atoms with Gasteiger partial charge in [-0.3, -0.25) is 0 Å². The van der Waals surface area contributed by atoms with Gasteiger partial charge < -0.3 is 9.42 Å². The van der Waals surface area contributed by atoms with E-state index < -0.39 is 13.1 Å². The molecule has 1 heterocycles. The highest BCUT2D eigenvalue weighted by atomic mass is 31.2. The standard InChI is InChI=1S/C22H25O3P/c1-3-24-26(23)22(13-6-7-14-22)20-12-5-4-11-19(20)21(25-26)16-18-10-8-9-17(2)15-18/h4-5,8-12,15-16H,3,6-7,13-14H2,1-2H3/b21-16-. The number of fused-ring (bicyclic) bond motifs is 2. The third-order valence-electron chi connectivity index (χ3n) is 5.51. The molecule has 1 unspecified atom stereocenters. The van der Waals surface area contributed by atoms with Gasteiger partial charge in [0.05, 0.1) is 6.61 Å². The predicted octanol–water partition coefficient (Wildman–Crippen LogP) is 5.45. The lowest BCUT2D eigenvalue weighted by molar-refractivity contribution is -0.221. The van der Waals surface area contributed by atoms with Crippen LogP contribution in [0.3, 0.4) is 0 Å². The first-order valence-corrected chi connectivity index (χ1v) is 10.9. The molecule has 136 valence electrons. The van der Waals surface area contributed by atoms with Crippen molar-refractivity contribution in [1.82, 2.24) is 0 Å². The maximum absolute atomic E-state index is 13.9. The van der Waals surface area contributed by atoms with Gasteiger partial charge in [0.15, 0.2) is 10.9 Å². The molecule has 2 aromatic rings. The van der Waals surface area contributed by atoms with Crippen LogP contribution in [0.2, 0.25) is 0 Å². The van der Waals surface area contributed by atoms with Crippen molar-refractivity contribution in [3.63, 3.8) is 0 Å². The van der Waals surface area contributed by atoms with E-state index in [2.05, 4.69) is 31.2 Å². The molecule has 1 aliphatic heterocycles. The van der Waals surface area contributed by atoms with Gasteiger partial charge in [0.2, 0.25) is 0 Å². The molecule has 4 rings (SSSR count). The zero-order valence-electron chi connectivity index (χ0n) is 15.4. The van der Waals surface area contributed by atoms with E-state index in [0.717, 1.165) is 42.4 Å². The van der Waals surface area contributed by atoms with E-state index in [1.807, 2.05) is 37.3 Å². The Balaban J connectivity index is 1.89. The van der Waals surface area contributed by atoms with Crippen molar-refractivity contribution in [1.29, 1.82) is 0 Å². The van der Waals surface area contributed by atoms with Gasteiger partial charge in [-0.2, -0.15) is 0 Å². The summed E-state index contributed by atoms with van der Waals surface area (Å²) >= 11 is 0.